The SMILES string of the molecule is CCCCCCCCCCCCC1(CCCn2ccnc2)SCC(CCCC)S1. The smallest absolute Gasteiger partial charge is 0.0945 e. The van der Waals surface area contributed by atoms with Crippen LogP contribution in [0.3, 0.4) is 0 Å². The number of imidazole rings is 1. The summed E-state index contributed by atoms with van der Waals surface area (Å²) in [5, 5.41) is 0.899. The van der Waals surface area contributed by atoms with Crippen LogP contribution in [0.2, 0.25) is 0 Å². The van der Waals surface area contributed by atoms with E-state index in [-0.39, 0.29) is 0 Å². The van der Waals surface area contributed by atoms with Crippen molar-refractivity contribution >= 4 is 23.5 Å². The molecule has 0 saturated carbocycles. The largest absolute Gasteiger partial charge is 0.337 e. The lowest BCUT2D eigenvalue weighted by atomic mass is 10.0. The van der Waals surface area contributed by atoms with Crippen LogP contribution in [0.15, 0.2) is 18.7 Å². The summed E-state index contributed by atoms with van der Waals surface area (Å²) < 4.78 is 2.74. The Morgan fingerprint density at radius 2 is 1.52 bits per heavy atom. The first-order valence-corrected chi connectivity index (χ1v) is 14.4. The molecule has 168 valence electrons. The van der Waals surface area contributed by atoms with E-state index in [0.29, 0.717) is 4.08 Å². The van der Waals surface area contributed by atoms with Crippen LogP contribution in [-0.4, -0.2) is 24.6 Å². The molecule has 1 aromatic heterocycles. The predicted molar refractivity (Wildman–Crippen MR) is 134 cm³/mol. The molecule has 29 heavy (non-hydrogen) atoms. The van der Waals surface area contributed by atoms with Gasteiger partial charge in [0.05, 0.1) is 10.4 Å². The summed E-state index contributed by atoms with van der Waals surface area (Å²) in [6, 6.07) is 0. The number of nitrogens with zero attached hydrogens (tertiary/aromatic N) is 2. The summed E-state index contributed by atoms with van der Waals surface area (Å²) in [5.41, 5.74) is 0. The molecule has 2 rings (SSSR count). The third-order valence-electron chi connectivity index (χ3n) is 6.24. The van der Waals surface area contributed by atoms with Crippen molar-refractivity contribution in [2.75, 3.05) is 5.75 Å². The van der Waals surface area contributed by atoms with Gasteiger partial charge in [-0.2, -0.15) is 0 Å². The van der Waals surface area contributed by atoms with Crippen molar-refractivity contribution in [2.24, 2.45) is 0 Å². The molecule has 2 heterocycles. The van der Waals surface area contributed by atoms with Gasteiger partial charge in [-0.1, -0.05) is 90.9 Å². The summed E-state index contributed by atoms with van der Waals surface area (Å²) in [5.74, 6) is 1.38. The topological polar surface area (TPSA) is 17.8 Å². The van der Waals surface area contributed by atoms with Crippen molar-refractivity contribution in [3.8, 4) is 0 Å². The molecule has 2 atom stereocenters. The fraction of sp³-hybridized carbons (Fsp3) is 0.880. The molecule has 0 N–H and O–H groups in total. The highest BCUT2D eigenvalue weighted by Gasteiger charge is 2.39. The van der Waals surface area contributed by atoms with Gasteiger partial charge in [-0.05, 0) is 25.7 Å². The van der Waals surface area contributed by atoms with E-state index in [2.05, 4.69) is 53.1 Å². The van der Waals surface area contributed by atoms with E-state index in [1.807, 2.05) is 12.5 Å². The van der Waals surface area contributed by atoms with Gasteiger partial charge in [0.1, 0.15) is 0 Å². The van der Waals surface area contributed by atoms with E-state index in [4.69, 9.17) is 0 Å². The molecule has 1 aliphatic heterocycles. The second-order valence-corrected chi connectivity index (χ2v) is 12.3. The average molecular weight is 439 g/mol. The van der Waals surface area contributed by atoms with Crippen molar-refractivity contribution in [1.29, 1.82) is 0 Å². The second kappa shape index (κ2) is 15.7. The van der Waals surface area contributed by atoms with Gasteiger partial charge >= 0.3 is 0 Å². The van der Waals surface area contributed by atoms with Gasteiger partial charge in [0.15, 0.2) is 0 Å². The molecule has 4 heteroatoms. The monoisotopic (exact) mass is 438 g/mol. The molecule has 0 spiro atoms. The Balaban J connectivity index is 1.64. The molecule has 0 bridgehead atoms. The van der Waals surface area contributed by atoms with E-state index >= 15 is 0 Å². The molecule has 2 unspecified atom stereocenters. The third-order valence-corrected chi connectivity index (χ3v) is 10.2. The van der Waals surface area contributed by atoms with Crippen molar-refractivity contribution in [2.45, 2.75) is 132 Å². The zero-order valence-electron chi connectivity index (χ0n) is 19.2. The highest BCUT2D eigenvalue weighted by atomic mass is 32.2. The first-order valence-electron chi connectivity index (χ1n) is 12.6. The van der Waals surface area contributed by atoms with Gasteiger partial charge < -0.3 is 4.57 Å². The van der Waals surface area contributed by atoms with Gasteiger partial charge in [0.25, 0.3) is 0 Å². The molecule has 2 nitrogen and oxygen atoms in total. The fourth-order valence-corrected chi connectivity index (χ4v) is 8.42. The second-order valence-electron chi connectivity index (χ2n) is 8.94. The number of unbranched alkanes of at least 4 members (excludes halogenated alkanes) is 10. The minimum absolute atomic E-state index is 0.499. The molecular formula is C25H46N2S2. The van der Waals surface area contributed by atoms with Crippen molar-refractivity contribution in [1.82, 2.24) is 9.55 Å². The highest BCUT2D eigenvalue weighted by molar-refractivity contribution is 8.21. The number of aromatic nitrogens is 2. The van der Waals surface area contributed by atoms with Crippen LogP contribution in [0.1, 0.15) is 117 Å². The first kappa shape index (κ1) is 25.2. The quantitative estimate of drug-likeness (QED) is 0.213. The Morgan fingerprint density at radius 3 is 2.17 bits per heavy atom. The fourth-order valence-electron chi connectivity index (χ4n) is 4.41. The summed E-state index contributed by atoms with van der Waals surface area (Å²) in [6.45, 7) is 5.76. The summed E-state index contributed by atoms with van der Waals surface area (Å²) in [6.07, 6.45) is 28.6. The molecule has 1 saturated heterocycles. The van der Waals surface area contributed by atoms with Crippen LogP contribution < -0.4 is 0 Å². The maximum atomic E-state index is 4.19. The van der Waals surface area contributed by atoms with Gasteiger partial charge in [-0.3, -0.25) is 0 Å². The van der Waals surface area contributed by atoms with Crippen LogP contribution in [-0.2, 0) is 6.54 Å². The Hall–Kier alpha value is -0.0900. The predicted octanol–water partition coefficient (Wildman–Crippen LogP) is 8.71. The van der Waals surface area contributed by atoms with E-state index in [1.54, 1.807) is 0 Å². The zero-order chi connectivity index (χ0) is 20.6. The lowest BCUT2D eigenvalue weighted by Gasteiger charge is -2.28. The lowest BCUT2D eigenvalue weighted by Crippen LogP contribution is -2.18. The Labute approximate surface area is 189 Å². The minimum atomic E-state index is 0.499. The van der Waals surface area contributed by atoms with Crippen LogP contribution in [0.5, 0.6) is 0 Å². The molecular weight excluding hydrogens is 392 g/mol. The van der Waals surface area contributed by atoms with Crippen LogP contribution in [0, 0.1) is 0 Å². The Kier molecular flexibility index (Phi) is 13.6. The zero-order valence-corrected chi connectivity index (χ0v) is 20.9. The average Bonchev–Trinajstić information content (AvgIpc) is 3.38. The Bertz CT molecular complexity index is 491. The van der Waals surface area contributed by atoms with Gasteiger partial charge in [-0.15, -0.1) is 23.5 Å². The molecule has 0 aliphatic carbocycles. The first-order chi connectivity index (χ1) is 14.3. The minimum Gasteiger partial charge on any atom is -0.337 e. The van der Waals surface area contributed by atoms with E-state index in [0.717, 1.165) is 11.8 Å². The summed E-state index contributed by atoms with van der Waals surface area (Å²) >= 11 is 4.66. The van der Waals surface area contributed by atoms with E-state index in [9.17, 15) is 0 Å². The third kappa shape index (κ3) is 10.7. The molecule has 1 aliphatic rings. The van der Waals surface area contributed by atoms with Crippen LogP contribution in [0.25, 0.3) is 0 Å². The number of hydrogen-bond donors (Lipinski definition) is 0. The maximum Gasteiger partial charge on any atom is 0.0945 e. The number of rotatable bonds is 18. The van der Waals surface area contributed by atoms with Gasteiger partial charge in [0.2, 0.25) is 0 Å². The molecule has 0 aromatic carbocycles. The van der Waals surface area contributed by atoms with Crippen molar-refractivity contribution < 1.29 is 0 Å². The molecule has 1 fully saturated rings. The normalized spacial score (nSPS) is 21.8. The molecule has 1 aromatic rings. The Morgan fingerprint density at radius 1 is 0.862 bits per heavy atom. The van der Waals surface area contributed by atoms with Crippen molar-refractivity contribution in [3.63, 3.8) is 0 Å². The van der Waals surface area contributed by atoms with Crippen molar-refractivity contribution in [3.05, 3.63) is 18.7 Å². The maximum absolute atomic E-state index is 4.19. The number of hydrogen-bond acceptors (Lipinski definition) is 3. The molecule has 0 amide bonds. The van der Waals surface area contributed by atoms with E-state index < -0.39 is 0 Å². The summed E-state index contributed by atoms with van der Waals surface area (Å²) in [7, 11) is 0. The standard InChI is InChI=1S/C25H46N2S2/c1-3-5-7-8-9-10-11-12-13-14-17-25(18-15-20-27-21-19-26-23-27)28-22-24(29-25)16-6-4-2/h19,21,23-24H,3-18,20,22H2,1-2H3. The van der Waals surface area contributed by atoms with Gasteiger partial charge in [0, 0.05) is 29.9 Å². The van der Waals surface area contributed by atoms with E-state index in [1.165, 1.54) is 108 Å². The summed E-state index contributed by atoms with van der Waals surface area (Å²) in [4.78, 5) is 4.19. The number of aryl methyl sites for hydroxylation is 1. The van der Waals surface area contributed by atoms with Crippen LogP contribution >= 0.6 is 23.5 Å². The van der Waals surface area contributed by atoms with Crippen LogP contribution in [0.4, 0.5) is 0 Å². The molecule has 0 radical (unpaired) electrons. The number of thioether (sulfide) groups is 2. The van der Waals surface area contributed by atoms with Gasteiger partial charge in [-0.25, -0.2) is 4.98 Å². The highest BCUT2D eigenvalue weighted by Crippen LogP contribution is 2.55. The lowest BCUT2D eigenvalue weighted by molar-refractivity contribution is 0.517.